The monoisotopic (exact) mass is 703 g/mol. The van der Waals surface area contributed by atoms with Gasteiger partial charge in [-0.05, 0) is 43.3 Å². The molecule has 16 heteroatoms. The molecule has 0 bridgehead atoms. The van der Waals surface area contributed by atoms with E-state index in [1.807, 2.05) is 12.1 Å². The first-order chi connectivity index (χ1) is 23.9. The lowest BCUT2D eigenvalue weighted by atomic mass is 9.98. The van der Waals surface area contributed by atoms with Gasteiger partial charge in [-0.25, -0.2) is 14.4 Å². The van der Waals surface area contributed by atoms with E-state index in [0.29, 0.717) is 15.5 Å². The number of rotatable bonds is 9. The number of carbonyl (C=O) groups is 2. The number of carbonyl (C=O) groups excluding carboxylic acids is 2. The zero-order chi connectivity index (χ0) is 35.7. The summed E-state index contributed by atoms with van der Waals surface area (Å²) in [4.78, 5) is 75.6. The summed E-state index contributed by atoms with van der Waals surface area (Å²) in [6.07, 6.45) is -2.80. The average molecular weight is 704 g/mol. The molecule has 4 atom stereocenters. The van der Waals surface area contributed by atoms with Crippen LogP contribution >= 0.6 is 11.3 Å². The number of aryl methyl sites for hydroxylation is 1. The third kappa shape index (κ3) is 7.03. The summed E-state index contributed by atoms with van der Waals surface area (Å²) in [6, 6.07) is 15.6. The number of hydrogen-bond donors (Lipinski definition) is 2. The molecule has 1 aliphatic heterocycles. The van der Waals surface area contributed by atoms with Crippen molar-refractivity contribution in [1.82, 2.24) is 9.55 Å². The summed E-state index contributed by atoms with van der Waals surface area (Å²) in [5.41, 5.74) is -1.54. The smallest absolute Gasteiger partial charge is 0.434 e. The summed E-state index contributed by atoms with van der Waals surface area (Å²) < 4.78 is 24.0. The second-order valence-electron chi connectivity index (χ2n) is 11.7. The van der Waals surface area contributed by atoms with Crippen LogP contribution in [0.1, 0.15) is 47.0 Å². The molecule has 0 saturated carbocycles. The predicted octanol–water partition coefficient (Wildman–Crippen LogP) is 4.31. The normalized spacial score (nSPS) is 17.8. The van der Waals surface area contributed by atoms with Gasteiger partial charge in [0.1, 0.15) is 31.3 Å². The van der Waals surface area contributed by atoms with Gasteiger partial charge in [-0.3, -0.25) is 29.3 Å². The third-order valence-corrected chi connectivity index (χ3v) is 9.38. The Morgan fingerprint density at radius 2 is 1.84 bits per heavy atom. The summed E-state index contributed by atoms with van der Waals surface area (Å²) in [5.74, 6) is -1.48. The minimum Gasteiger partial charge on any atom is -0.434 e. The molecule has 5 aromatic rings. The topological polar surface area (TPSA) is 206 Å². The fraction of sp³-hybridized carbons (Fsp3) is 0.265. The van der Waals surface area contributed by atoms with E-state index in [0.717, 1.165) is 15.3 Å². The zero-order valence-corrected chi connectivity index (χ0v) is 27.3. The maximum atomic E-state index is 13.0. The number of benzene rings is 3. The average Bonchev–Trinajstić information content (AvgIpc) is 3.47. The fourth-order valence-corrected chi connectivity index (χ4v) is 6.62. The highest BCUT2D eigenvalue weighted by molar-refractivity contribution is 7.24. The van der Waals surface area contributed by atoms with Crippen molar-refractivity contribution < 1.29 is 38.6 Å². The lowest BCUT2D eigenvalue weighted by Crippen LogP contribution is -2.33. The molecule has 2 aromatic heterocycles. The molecule has 0 radical (unpaired) electrons. The Morgan fingerprint density at radius 1 is 1.08 bits per heavy atom. The molecule has 1 unspecified atom stereocenters. The van der Waals surface area contributed by atoms with Crippen molar-refractivity contribution in [3.63, 3.8) is 0 Å². The van der Waals surface area contributed by atoms with Crippen LogP contribution in [0.15, 0.2) is 81.2 Å². The van der Waals surface area contributed by atoms with E-state index in [1.54, 1.807) is 31.2 Å². The van der Waals surface area contributed by atoms with E-state index in [-0.39, 0.29) is 40.9 Å². The van der Waals surface area contributed by atoms with Crippen LogP contribution in [0.25, 0.3) is 20.2 Å². The lowest BCUT2D eigenvalue weighted by molar-refractivity contribution is -0.385. The Hall–Kier alpha value is -5.71. The number of ether oxygens (including phenoxy) is 4. The number of H-pyrrole nitrogens is 1. The number of hydrogen-bond acceptors (Lipinski definition) is 13. The van der Waals surface area contributed by atoms with Gasteiger partial charge in [0.05, 0.1) is 16.6 Å². The van der Waals surface area contributed by atoms with Crippen LogP contribution in [0.3, 0.4) is 0 Å². The Balaban J connectivity index is 1.06. The second-order valence-corrected chi connectivity index (χ2v) is 12.8. The van der Waals surface area contributed by atoms with E-state index in [9.17, 15) is 39.2 Å². The molecular weight excluding hydrogens is 674 g/mol. The van der Waals surface area contributed by atoms with Crippen molar-refractivity contribution in [2.45, 2.75) is 44.6 Å². The Labute approximate surface area is 285 Å². The first kappa shape index (κ1) is 34.2. The van der Waals surface area contributed by atoms with Gasteiger partial charge in [0.15, 0.2) is 5.43 Å². The molecule has 6 rings (SSSR count). The van der Waals surface area contributed by atoms with Crippen LogP contribution in [-0.4, -0.2) is 57.1 Å². The summed E-state index contributed by atoms with van der Waals surface area (Å²) in [7, 11) is 0. The van der Waals surface area contributed by atoms with Crippen LogP contribution in [0.4, 0.5) is 10.5 Å². The van der Waals surface area contributed by atoms with Crippen molar-refractivity contribution >= 4 is 49.3 Å². The molecule has 1 saturated heterocycles. The van der Waals surface area contributed by atoms with E-state index < -0.39 is 64.9 Å². The van der Waals surface area contributed by atoms with Crippen LogP contribution in [0, 0.1) is 17.0 Å². The number of nitro groups is 1. The molecule has 0 spiro atoms. The van der Waals surface area contributed by atoms with Crippen LogP contribution in [0.5, 0.6) is 5.75 Å². The van der Waals surface area contributed by atoms with Gasteiger partial charge < -0.3 is 24.1 Å². The first-order valence-corrected chi connectivity index (χ1v) is 16.1. The van der Waals surface area contributed by atoms with Crippen LogP contribution < -0.4 is 21.4 Å². The molecule has 0 amide bonds. The summed E-state index contributed by atoms with van der Waals surface area (Å²) >= 11 is 1.42. The highest BCUT2D eigenvalue weighted by Crippen LogP contribution is 2.31. The number of nitrogens with zero attached hydrogens (tertiary/aromatic N) is 2. The van der Waals surface area contributed by atoms with Crippen LogP contribution in [0.2, 0.25) is 0 Å². The molecule has 2 N–H and O–H groups in total. The fourth-order valence-electron chi connectivity index (χ4n) is 5.57. The quantitative estimate of drug-likeness (QED) is 0.0724. The lowest BCUT2D eigenvalue weighted by Gasteiger charge is -2.17. The van der Waals surface area contributed by atoms with Crippen LogP contribution in [-0.2, 0) is 14.2 Å². The summed E-state index contributed by atoms with van der Waals surface area (Å²) in [5, 5.41) is 23.3. The Kier molecular flexibility index (Phi) is 9.59. The molecule has 3 aromatic carbocycles. The van der Waals surface area contributed by atoms with Gasteiger partial charge in [0.25, 0.3) is 11.2 Å². The third-order valence-electron chi connectivity index (χ3n) is 8.23. The minimum absolute atomic E-state index is 0.000123. The van der Waals surface area contributed by atoms with E-state index in [4.69, 9.17) is 18.9 Å². The van der Waals surface area contributed by atoms with Crippen molar-refractivity contribution in [2.24, 2.45) is 0 Å². The van der Waals surface area contributed by atoms with Gasteiger partial charge in [0, 0.05) is 55.9 Å². The van der Waals surface area contributed by atoms with Gasteiger partial charge in [0.2, 0.25) is 0 Å². The molecule has 1 aliphatic rings. The number of fused-ring (bicyclic) bond motifs is 2. The van der Waals surface area contributed by atoms with Gasteiger partial charge in [-0.15, -0.1) is 11.3 Å². The molecule has 3 heterocycles. The standard InChI is InChI=1S/C34H29N3O12S/c1-17-14-36(33(42)35-31(17)40)29-13-25(38)26(49-29)16-47-34(43)46-15-18(2)21-9-7-19(11-24(21)37(44)45)32(41)48-20-8-10-28-23(12-20)30(39)22-5-3-4-6-27(22)50-28/h3-12,14,18,25-26,29,38H,13,15-16H2,1-2H3,(H,35,40,42)/t18?,25-,26+,29+/m0/s1. The molecule has 15 nitrogen and oxygen atoms in total. The number of aliphatic hydroxyl groups is 1. The van der Waals surface area contributed by atoms with Gasteiger partial charge >= 0.3 is 17.8 Å². The SMILES string of the molecule is Cc1cn([C@H]2C[C@H](O)[C@@H](COC(=O)OCC(C)c3ccc(C(=O)Oc4ccc5sc6ccccc6c(=O)c5c4)cc3[N+](=O)[O-])O2)c(=O)[nH]c1=O. The van der Waals surface area contributed by atoms with Crippen molar-refractivity contribution in [3.05, 3.63) is 125 Å². The molecule has 1 fully saturated rings. The van der Waals surface area contributed by atoms with Gasteiger partial charge in [-0.1, -0.05) is 25.1 Å². The minimum atomic E-state index is -1.12. The maximum Gasteiger partial charge on any atom is 0.508 e. The van der Waals surface area contributed by atoms with E-state index in [1.165, 1.54) is 42.7 Å². The van der Waals surface area contributed by atoms with Crippen molar-refractivity contribution in [1.29, 1.82) is 0 Å². The molecule has 258 valence electrons. The number of nitrogens with one attached hydrogen (secondary N) is 1. The Morgan fingerprint density at radius 3 is 2.62 bits per heavy atom. The number of aromatic nitrogens is 2. The maximum absolute atomic E-state index is 13.0. The van der Waals surface area contributed by atoms with E-state index >= 15 is 0 Å². The second kappa shape index (κ2) is 14.0. The highest BCUT2D eigenvalue weighted by Gasteiger charge is 2.36. The number of esters is 1. The van der Waals surface area contributed by atoms with Crippen molar-refractivity contribution in [3.8, 4) is 5.75 Å². The predicted molar refractivity (Wildman–Crippen MR) is 180 cm³/mol. The largest absolute Gasteiger partial charge is 0.508 e. The molecule has 50 heavy (non-hydrogen) atoms. The summed E-state index contributed by atoms with van der Waals surface area (Å²) in [6.45, 7) is 2.35. The van der Waals surface area contributed by atoms with Crippen molar-refractivity contribution in [2.75, 3.05) is 13.2 Å². The number of nitro benzene ring substituents is 1. The number of aromatic amines is 1. The Bertz CT molecular complexity index is 2330. The number of aliphatic hydroxyl groups excluding tert-OH is 1. The molecular formula is C34H29N3O12S. The highest BCUT2D eigenvalue weighted by atomic mass is 32.1. The van der Waals surface area contributed by atoms with E-state index in [2.05, 4.69) is 4.98 Å². The first-order valence-electron chi connectivity index (χ1n) is 15.3. The molecule has 0 aliphatic carbocycles. The van der Waals surface area contributed by atoms with Gasteiger partial charge in [-0.2, -0.15) is 0 Å². The zero-order valence-electron chi connectivity index (χ0n) is 26.5.